The Morgan fingerprint density at radius 1 is 1.60 bits per heavy atom. The van der Waals surface area contributed by atoms with Gasteiger partial charge in [-0.3, -0.25) is 0 Å². The van der Waals surface area contributed by atoms with E-state index in [1.54, 1.807) is 0 Å². The van der Waals surface area contributed by atoms with Gasteiger partial charge in [0.05, 0.1) is 6.20 Å². The van der Waals surface area contributed by atoms with Crippen LogP contribution in [0.1, 0.15) is 25.6 Å². The van der Waals surface area contributed by atoms with Crippen LogP contribution in [0.5, 0.6) is 0 Å². The predicted molar refractivity (Wildman–Crippen MR) is 34.9 cm³/mol. The van der Waals surface area contributed by atoms with Crippen molar-refractivity contribution in [3.8, 4) is 0 Å². The third-order valence-corrected chi connectivity index (χ3v) is 1.10. The largest absolute Gasteiger partial charge is 0.238 e. The van der Waals surface area contributed by atoms with Gasteiger partial charge >= 0.3 is 0 Å². The normalized spacial score (nSPS) is 10.4. The smallest absolute Gasteiger partial charge is 0.169 e. The molecular formula is C7H8FN2. The van der Waals surface area contributed by atoms with Crippen molar-refractivity contribution in [3.63, 3.8) is 0 Å². The Hall–Kier alpha value is -0.990. The van der Waals surface area contributed by atoms with Gasteiger partial charge in [-0.25, -0.2) is 14.4 Å². The van der Waals surface area contributed by atoms with E-state index in [1.807, 2.05) is 13.8 Å². The summed E-state index contributed by atoms with van der Waals surface area (Å²) in [7, 11) is 0. The van der Waals surface area contributed by atoms with Crippen molar-refractivity contribution in [3.05, 3.63) is 24.0 Å². The highest BCUT2D eigenvalue weighted by Gasteiger charge is 2.00. The first-order chi connectivity index (χ1) is 4.70. The van der Waals surface area contributed by atoms with Crippen LogP contribution < -0.4 is 0 Å². The summed E-state index contributed by atoms with van der Waals surface area (Å²) in [5.74, 6) is 0.350. The molecule has 1 rings (SSSR count). The van der Waals surface area contributed by atoms with Gasteiger partial charge in [0, 0.05) is 5.92 Å². The molecule has 1 radical (unpaired) electrons. The number of halogens is 1. The molecule has 0 aliphatic heterocycles. The van der Waals surface area contributed by atoms with Crippen molar-refractivity contribution in [2.24, 2.45) is 0 Å². The second kappa shape index (κ2) is 2.73. The van der Waals surface area contributed by atoms with E-state index in [0.29, 0.717) is 5.82 Å². The minimum Gasteiger partial charge on any atom is -0.238 e. The molecule has 0 amide bonds. The lowest BCUT2D eigenvalue weighted by Gasteiger charge is -1.99. The van der Waals surface area contributed by atoms with E-state index in [9.17, 15) is 4.39 Å². The summed E-state index contributed by atoms with van der Waals surface area (Å²) >= 11 is 0. The van der Waals surface area contributed by atoms with Gasteiger partial charge in [-0.15, -0.1) is 0 Å². The van der Waals surface area contributed by atoms with Crippen molar-refractivity contribution in [1.29, 1.82) is 0 Å². The molecule has 0 fully saturated rings. The maximum atomic E-state index is 12.2. The summed E-state index contributed by atoms with van der Waals surface area (Å²) in [4.78, 5) is 7.43. The van der Waals surface area contributed by atoms with Crippen LogP contribution in [0.3, 0.4) is 0 Å². The zero-order valence-corrected chi connectivity index (χ0v) is 5.93. The molecule has 0 bridgehead atoms. The van der Waals surface area contributed by atoms with Crippen LogP contribution in [-0.4, -0.2) is 9.97 Å². The van der Waals surface area contributed by atoms with E-state index in [0.717, 1.165) is 6.20 Å². The Morgan fingerprint density at radius 3 is 2.70 bits per heavy atom. The summed E-state index contributed by atoms with van der Waals surface area (Å²) in [6.07, 6.45) is 3.33. The maximum absolute atomic E-state index is 12.2. The Kier molecular flexibility index (Phi) is 1.94. The first-order valence-corrected chi connectivity index (χ1v) is 3.10. The molecule has 0 atom stereocenters. The Bertz CT molecular complexity index is 205. The SMILES string of the molecule is CC(C)c1n[c]c(F)cn1. The third kappa shape index (κ3) is 1.50. The molecule has 1 aromatic rings. The van der Waals surface area contributed by atoms with Gasteiger partial charge < -0.3 is 0 Å². The Morgan fingerprint density at radius 2 is 2.30 bits per heavy atom. The molecule has 0 aromatic carbocycles. The molecule has 0 saturated heterocycles. The van der Waals surface area contributed by atoms with E-state index < -0.39 is 5.82 Å². The van der Waals surface area contributed by atoms with E-state index in [-0.39, 0.29) is 5.92 Å². The minimum absolute atomic E-state index is 0.233. The number of aromatic nitrogens is 2. The second-order valence-corrected chi connectivity index (χ2v) is 2.34. The standard InChI is InChI=1S/C7H8FN2/c1-5(2)7-9-3-6(8)4-10-7/h3,5H,1-2H3. The topological polar surface area (TPSA) is 25.8 Å². The molecule has 0 N–H and O–H groups in total. The highest BCUT2D eigenvalue weighted by Crippen LogP contribution is 2.06. The van der Waals surface area contributed by atoms with Crippen molar-refractivity contribution >= 4 is 0 Å². The van der Waals surface area contributed by atoms with Gasteiger partial charge in [0.15, 0.2) is 5.82 Å². The molecule has 53 valence electrons. The van der Waals surface area contributed by atoms with Gasteiger partial charge in [0.1, 0.15) is 12.0 Å². The molecule has 10 heavy (non-hydrogen) atoms. The van der Waals surface area contributed by atoms with Crippen LogP contribution in [0.4, 0.5) is 4.39 Å². The van der Waals surface area contributed by atoms with E-state index in [4.69, 9.17) is 0 Å². The zero-order valence-electron chi connectivity index (χ0n) is 5.93. The molecule has 2 nitrogen and oxygen atoms in total. The van der Waals surface area contributed by atoms with Crippen LogP contribution in [0.25, 0.3) is 0 Å². The summed E-state index contributed by atoms with van der Waals surface area (Å²) < 4.78 is 12.2. The zero-order chi connectivity index (χ0) is 7.56. The van der Waals surface area contributed by atoms with Gasteiger partial charge in [0.2, 0.25) is 0 Å². The lowest BCUT2D eigenvalue weighted by Crippen LogP contribution is -1.96. The van der Waals surface area contributed by atoms with Gasteiger partial charge in [-0.2, -0.15) is 0 Å². The lowest BCUT2D eigenvalue weighted by atomic mass is 10.2. The highest BCUT2D eigenvalue weighted by molar-refractivity contribution is 4.93. The van der Waals surface area contributed by atoms with Crippen molar-refractivity contribution < 1.29 is 4.39 Å². The molecule has 0 aliphatic rings. The van der Waals surface area contributed by atoms with Crippen LogP contribution >= 0.6 is 0 Å². The van der Waals surface area contributed by atoms with Crippen LogP contribution in [0.2, 0.25) is 0 Å². The fraction of sp³-hybridized carbons (Fsp3) is 0.429. The number of rotatable bonds is 1. The lowest BCUT2D eigenvalue weighted by molar-refractivity contribution is 0.600. The Labute approximate surface area is 59.1 Å². The first-order valence-electron chi connectivity index (χ1n) is 3.10. The fourth-order valence-electron chi connectivity index (χ4n) is 0.569. The average molecular weight is 139 g/mol. The number of hydrogen-bond donors (Lipinski definition) is 0. The molecule has 0 saturated carbocycles. The summed E-state index contributed by atoms with van der Waals surface area (Å²) in [5, 5.41) is 0. The fourth-order valence-corrected chi connectivity index (χ4v) is 0.569. The van der Waals surface area contributed by atoms with Gasteiger partial charge in [0.25, 0.3) is 0 Å². The second-order valence-electron chi connectivity index (χ2n) is 2.34. The average Bonchev–Trinajstić information content (AvgIpc) is 1.88. The van der Waals surface area contributed by atoms with Crippen LogP contribution in [-0.2, 0) is 0 Å². The summed E-state index contributed by atoms with van der Waals surface area (Å²) in [6, 6.07) is 0. The first kappa shape index (κ1) is 7.12. The van der Waals surface area contributed by atoms with Gasteiger partial charge in [-0.05, 0) is 0 Å². The number of hydrogen-bond acceptors (Lipinski definition) is 2. The third-order valence-electron chi connectivity index (χ3n) is 1.10. The quantitative estimate of drug-likeness (QED) is 0.589. The van der Waals surface area contributed by atoms with Crippen molar-refractivity contribution in [1.82, 2.24) is 9.97 Å². The predicted octanol–water partition coefficient (Wildman–Crippen LogP) is 1.54. The number of nitrogens with zero attached hydrogens (tertiary/aromatic N) is 2. The van der Waals surface area contributed by atoms with Crippen molar-refractivity contribution in [2.45, 2.75) is 19.8 Å². The van der Waals surface area contributed by atoms with Crippen molar-refractivity contribution in [2.75, 3.05) is 0 Å². The molecule has 0 spiro atoms. The molecule has 3 heteroatoms. The molecule has 0 unspecified atom stereocenters. The van der Waals surface area contributed by atoms with Crippen LogP contribution in [0, 0.1) is 12.0 Å². The molecule has 1 aromatic heterocycles. The van der Waals surface area contributed by atoms with E-state index >= 15 is 0 Å². The van der Waals surface area contributed by atoms with Crippen LogP contribution in [0.15, 0.2) is 6.20 Å². The summed E-state index contributed by atoms with van der Waals surface area (Å²) in [6.45, 7) is 3.89. The minimum atomic E-state index is -0.510. The van der Waals surface area contributed by atoms with Gasteiger partial charge in [-0.1, -0.05) is 13.8 Å². The van der Waals surface area contributed by atoms with E-state index in [2.05, 4.69) is 16.2 Å². The molecule has 0 aliphatic carbocycles. The van der Waals surface area contributed by atoms with E-state index in [1.165, 1.54) is 0 Å². The highest BCUT2D eigenvalue weighted by atomic mass is 19.1. The summed E-state index contributed by atoms with van der Waals surface area (Å²) in [5.41, 5.74) is 0. The molecular weight excluding hydrogens is 131 g/mol. The monoisotopic (exact) mass is 139 g/mol. The molecule has 1 heterocycles. The Balaban J connectivity index is 2.89. The maximum Gasteiger partial charge on any atom is 0.169 e.